The van der Waals surface area contributed by atoms with Crippen LogP contribution in [0.2, 0.25) is 0 Å². The zero-order chi connectivity index (χ0) is 12.5. The maximum atomic E-state index is 5.89. The van der Waals surface area contributed by atoms with Crippen LogP contribution in [0.3, 0.4) is 0 Å². The van der Waals surface area contributed by atoms with Gasteiger partial charge in [0.2, 0.25) is 0 Å². The van der Waals surface area contributed by atoms with Gasteiger partial charge in [0, 0.05) is 17.6 Å². The first-order valence-electron chi connectivity index (χ1n) is 6.83. The van der Waals surface area contributed by atoms with Crippen molar-refractivity contribution in [2.24, 2.45) is 0 Å². The molecule has 2 nitrogen and oxygen atoms in total. The molecule has 1 aliphatic heterocycles. The van der Waals surface area contributed by atoms with Gasteiger partial charge in [-0.25, -0.2) is 0 Å². The first kappa shape index (κ1) is 12.5. The van der Waals surface area contributed by atoms with Crippen LogP contribution < -0.4 is 4.90 Å². The molecule has 18 heavy (non-hydrogen) atoms. The topological polar surface area (TPSA) is 12.5 Å². The lowest BCUT2D eigenvalue weighted by molar-refractivity contribution is 0.0256. The molecule has 1 aliphatic carbocycles. The van der Waals surface area contributed by atoms with Gasteiger partial charge in [-0.1, -0.05) is 28.1 Å². The molecule has 0 bridgehead atoms. The van der Waals surface area contributed by atoms with E-state index in [-0.39, 0.29) is 0 Å². The largest absolute Gasteiger partial charge is 0.374 e. The highest BCUT2D eigenvalue weighted by atomic mass is 79.9. The van der Waals surface area contributed by atoms with E-state index in [0.717, 1.165) is 18.5 Å². The Labute approximate surface area is 117 Å². The molecule has 0 aromatic heterocycles. The van der Waals surface area contributed by atoms with Gasteiger partial charge in [0.1, 0.15) is 0 Å². The number of alkyl halides is 1. The number of morpholine rings is 1. The molecule has 0 radical (unpaired) electrons. The van der Waals surface area contributed by atoms with Gasteiger partial charge < -0.3 is 9.64 Å². The summed E-state index contributed by atoms with van der Waals surface area (Å²) >= 11 is 3.52. The molecule has 1 saturated heterocycles. The monoisotopic (exact) mass is 309 g/mol. The second kappa shape index (κ2) is 5.22. The van der Waals surface area contributed by atoms with Crippen molar-refractivity contribution in [2.75, 3.05) is 18.1 Å². The number of ether oxygens (including phenoxy) is 1. The minimum atomic E-state index is 0.467. The summed E-state index contributed by atoms with van der Waals surface area (Å²) in [6.07, 6.45) is 4.29. The molecule has 0 N–H and O–H groups in total. The molecule has 2 atom stereocenters. The third-order valence-corrected chi connectivity index (χ3v) is 4.85. The van der Waals surface area contributed by atoms with Crippen LogP contribution in [0.25, 0.3) is 0 Å². The quantitative estimate of drug-likeness (QED) is 0.773. The Balaban J connectivity index is 1.89. The molecule has 2 fully saturated rings. The van der Waals surface area contributed by atoms with Gasteiger partial charge >= 0.3 is 0 Å². The van der Waals surface area contributed by atoms with Crippen molar-refractivity contribution in [1.82, 2.24) is 0 Å². The fourth-order valence-electron chi connectivity index (χ4n) is 3.35. The van der Waals surface area contributed by atoms with Crippen LogP contribution in [0.4, 0.5) is 5.69 Å². The summed E-state index contributed by atoms with van der Waals surface area (Å²) in [4.78, 5) is 2.58. The van der Waals surface area contributed by atoms with E-state index in [1.165, 1.54) is 36.1 Å². The molecule has 1 heterocycles. The highest BCUT2D eigenvalue weighted by Crippen LogP contribution is 2.34. The SMILES string of the molecule is Cc1cc(CBr)ccc1N1CCOC2CCCC21. The predicted molar refractivity (Wildman–Crippen MR) is 78.5 cm³/mol. The van der Waals surface area contributed by atoms with Crippen molar-refractivity contribution >= 4 is 21.6 Å². The number of hydrogen-bond acceptors (Lipinski definition) is 2. The number of fused-ring (bicyclic) bond motifs is 1. The molecule has 1 aromatic carbocycles. The van der Waals surface area contributed by atoms with E-state index in [9.17, 15) is 0 Å². The summed E-state index contributed by atoms with van der Waals surface area (Å²) in [5.41, 5.74) is 4.15. The van der Waals surface area contributed by atoms with E-state index in [4.69, 9.17) is 4.74 Å². The second-order valence-corrected chi connectivity index (χ2v) is 5.92. The van der Waals surface area contributed by atoms with Crippen molar-refractivity contribution in [2.45, 2.75) is 43.7 Å². The van der Waals surface area contributed by atoms with Gasteiger partial charge in [0.15, 0.2) is 0 Å². The van der Waals surface area contributed by atoms with Crippen molar-refractivity contribution in [3.05, 3.63) is 29.3 Å². The Kier molecular flexibility index (Phi) is 3.62. The molecule has 3 heteroatoms. The smallest absolute Gasteiger partial charge is 0.0779 e. The minimum absolute atomic E-state index is 0.467. The average Bonchev–Trinajstić information content (AvgIpc) is 2.87. The van der Waals surface area contributed by atoms with Gasteiger partial charge in [-0.15, -0.1) is 0 Å². The number of halogens is 1. The number of rotatable bonds is 2. The Morgan fingerprint density at radius 3 is 3.06 bits per heavy atom. The molecule has 98 valence electrons. The Bertz CT molecular complexity index is 435. The van der Waals surface area contributed by atoms with Gasteiger partial charge in [-0.05, 0) is 43.4 Å². The number of benzene rings is 1. The lowest BCUT2D eigenvalue weighted by Crippen LogP contribution is -2.48. The summed E-state index contributed by atoms with van der Waals surface area (Å²) in [6, 6.07) is 7.42. The summed E-state index contributed by atoms with van der Waals surface area (Å²) < 4.78 is 5.89. The molecule has 2 unspecified atom stereocenters. The average molecular weight is 310 g/mol. The third kappa shape index (κ3) is 2.19. The summed E-state index contributed by atoms with van der Waals surface area (Å²) in [7, 11) is 0. The fraction of sp³-hybridized carbons (Fsp3) is 0.600. The van der Waals surface area contributed by atoms with Crippen LogP contribution >= 0.6 is 15.9 Å². The van der Waals surface area contributed by atoms with Crippen LogP contribution in [-0.4, -0.2) is 25.3 Å². The zero-order valence-corrected chi connectivity index (χ0v) is 12.4. The lowest BCUT2D eigenvalue weighted by Gasteiger charge is -2.40. The molecule has 3 rings (SSSR count). The van der Waals surface area contributed by atoms with Crippen molar-refractivity contribution in [3.8, 4) is 0 Å². The first-order chi connectivity index (χ1) is 8.79. The van der Waals surface area contributed by atoms with E-state index in [1.807, 2.05) is 0 Å². The Morgan fingerprint density at radius 2 is 2.28 bits per heavy atom. The Morgan fingerprint density at radius 1 is 1.39 bits per heavy atom. The minimum Gasteiger partial charge on any atom is -0.374 e. The van der Waals surface area contributed by atoms with E-state index < -0.39 is 0 Å². The molecule has 0 spiro atoms. The van der Waals surface area contributed by atoms with Crippen LogP contribution in [0.15, 0.2) is 18.2 Å². The highest BCUT2D eigenvalue weighted by molar-refractivity contribution is 9.08. The van der Waals surface area contributed by atoms with Crippen LogP contribution in [-0.2, 0) is 10.1 Å². The third-order valence-electron chi connectivity index (χ3n) is 4.21. The van der Waals surface area contributed by atoms with Gasteiger partial charge in [-0.3, -0.25) is 0 Å². The normalized spacial score (nSPS) is 27.3. The summed E-state index contributed by atoms with van der Waals surface area (Å²) in [5.74, 6) is 0. The fourth-order valence-corrected chi connectivity index (χ4v) is 3.70. The van der Waals surface area contributed by atoms with Crippen LogP contribution in [0.1, 0.15) is 30.4 Å². The molecular formula is C15H20BrNO. The molecule has 1 saturated carbocycles. The van der Waals surface area contributed by atoms with E-state index in [2.05, 4.69) is 46.0 Å². The van der Waals surface area contributed by atoms with E-state index in [1.54, 1.807) is 0 Å². The number of anilines is 1. The van der Waals surface area contributed by atoms with Crippen molar-refractivity contribution < 1.29 is 4.74 Å². The molecule has 0 amide bonds. The second-order valence-electron chi connectivity index (χ2n) is 5.36. The van der Waals surface area contributed by atoms with Crippen molar-refractivity contribution in [1.29, 1.82) is 0 Å². The standard InChI is InChI=1S/C15H20BrNO/c1-11-9-12(10-16)5-6-13(11)17-7-8-18-15-4-2-3-14(15)17/h5-6,9,14-15H,2-4,7-8,10H2,1H3. The number of aryl methyl sites for hydroxylation is 1. The maximum absolute atomic E-state index is 5.89. The van der Waals surface area contributed by atoms with Crippen molar-refractivity contribution in [3.63, 3.8) is 0 Å². The van der Waals surface area contributed by atoms with Gasteiger partial charge in [0.05, 0.1) is 18.8 Å². The van der Waals surface area contributed by atoms with Crippen LogP contribution in [0.5, 0.6) is 0 Å². The maximum Gasteiger partial charge on any atom is 0.0779 e. The lowest BCUT2D eigenvalue weighted by atomic mass is 10.1. The summed E-state index contributed by atoms with van der Waals surface area (Å²) in [6.45, 7) is 4.14. The zero-order valence-electron chi connectivity index (χ0n) is 10.9. The highest BCUT2D eigenvalue weighted by Gasteiger charge is 2.36. The Hall–Kier alpha value is -0.540. The summed E-state index contributed by atoms with van der Waals surface area (Å²) in [5, 5.41) is 0.934. The molecular weight excluding hydrogens is 290 g/mol. The number of nitrogens with zero attached hydrogens (tertiary/aromatic N) is 1. The number of hydrogen-bond donors (Lipinski definition) is 0. The molecule has 2 aliphatic rings. The molecule has 1 aromatic rings. The van der Waals surface area contributed by atoms with Gasteiger partial charge in [0.25, 0.3) is 0 Å². The predicted octanol–water partition coefficient (Wildman–Crippen LogP) is 3.65. The van der Waals surface area contributed by atoms with Crippen LogP contribution in [0, 0.1) is 6.92 Å². The first-order valence-corrected chi connectivity index (χ1v) is 7.95. The van der Waals surface area contributed by atoms with Gasteiger partial charge in [-0.2, -0.15) is 0 Å². The van der Waals surface area contributed by atoms with E-state index >= 15 is 0 Å². The van der Waals surface area contributed by atoms with E-state index in [0.29, 0.717) is 12.1 Å².